The molecule has 1 fully saturated rings. The second-order valence-electron chi connectivity index (χ2n) is 9.00. The van der Waals surface area contributed by atoms with Crippen molar-refractivity contribution < 1.29 is 23.5 Å². The highest BCUT2D eigenvalue weighted by Gasteiger charge is 2.40. The molecule has 0 atom stereocenters. The molecule has 1 aliphatic heterocycles. The standard InChI is InChI=1S/C27H30N4O5/c1-3-14-33-22-9-5-4-8-20(22)17-31(21-10-11-23-24(15-21)35-18-34-23)25(32)16-28-27(12-6-7-13-27)26-29-19(2)36-30-26/h3-5,8-11,15,28H,1,6-7,12-14,16-18H2,2H3. The fourth-order valence-electron chi connectivity index (χ4n) is 4.76. The van der Waals surface area contributed by atoms with Crippen molar-refractivity contribution in [1.82, 2.24) is 15.5 Å². The minimum Gasteiger partial charge on any atom is -0.489 e. The first-order valence-electron chi connectivity index (χ1n) is 12.2. The molecule has 2 aromatic carbocycles. The lowest BCUT2D eigenvalue weighted by atomic mass is 9.96. The monoisotopic (exact) mass is 490 g/mol. The van der Waals surface area contributed by atoms with Crippen molar-refractivity contribution in [1.29, 1.82) is 0 Å². The van der Waals surface area contributed by atoms with Crippen LogP contribution in [0.3, 0.4) is 0 Å². The number of aryl methyl sites for hydroxylation is 1. The zero-order chi connectivity index (χ0) is 25.0. The van der Waals surface area contributed by atoms with Crippen LogP contribution in [0.5, 0.6) is 17.2 Å². The molecule has 1 saturated carbocycles. The molecule has 188 valence electrons. The molecule has 5 rings (SSSR count). The average Bonchev–Trinajstić information content (AvgIpc) is 3.66. The maximum absolute atomic E-state index is 13.8. The molecule has 36 heavy (non-hydrogen) atoms. The van der Waals surface area contributed by atoms with E-state index in [-0.39, 0.29) is 19.2 Å². The molecule has 1 aromatic heterocycles. The number of nitrogens with one attached hydrogen (secondary N) is 1. The van der Waals surface area contributed by atoms with Crippen LogP contribution in [0.2, 0.25) is 0 Å². The lowest BCUT2D eigenvalue weighted by molar-refractivity contribution is -0.118. The molecular formula is C27H30N4O5. The van der Waals surface area contributed by atoms with E-state index in [1.54, 1.807) is 17.9 Å². The zero-order valence-electron chi connectivity index (χ0n) is 20.4. The van der Waals surface area contributed by atoms with Crippen LogP contribution in [-0.2, 0) is 16.9 Å². The van der Waals surface area contributed by atoms with Gasteiger partial charge in [0.1, 0.15) is 12.4 Å². The minimum atomic E-state index is -0.473. The van der Waals surface area contributed by atoms with E-state index in [4.69, 9.17) is 18.7 Å². The number of aromatic nitrogens is 2. The summed E-state index contributed by atoms with van der Waals surface area (Å²) in [4.78, 5) is 20.0. The van der Waals surface area contributed by atoms with E-state index in [1.807, 2.05) is 42.5 Å². The van der Waals surface area contributed by atoms with Crippen molar-refractivity contribution in [3.8, 4) is 17.2 Å². The molecule has 0 radical (unpaired) electrons. The number of ether oxygens (including phenoxy) is 3. The zero-order valence-corrected chi connectivity index (χ0v) is 20.4. The molecule has 1 amide bonds. The summed E-state index contributed by atoms with van der Waals surface area (Å²) in [5.74, 6) is 3.02. The second kappa shape index (κ2) is 10.4. The highest BCUT2D eigenvalue weighted by Crippen LogP contribution is 2.38. The van der Waals surface area contributed by atoms with Crippen LogP contribution >= 0.6 is 0 Å². The number of anilines is 1. The molecule has 0 unspecified atom stereocenters. The summed E-state index contributed by atoms with van der Waals surface area (Å²) in [5, 5.41) is 7.65. The van der Waals surface area contributed by atoms with E-state index < -0.39 is 5.54 Å². The van der Waals surface area contributed by atoms with Crippen LogP contribution in [-0.4, -0.2) is 36.0 Å². The van der Waals surface area contributed by atoms with Crippen LogP contribution in [0.25, 0.3) is 0 Å². The van der Waals surface area contributed by atoms with Gasteiger partial charge in [-0.25, -0.2) is 0 Å². The number of rotatable bonds is 10. The Morgan fingerprint density at radius 2 is 2.00 bits per heavy atom. The molecule has 2 heterocycles. The molecule has 0 saturated heterocycles. The Balaban J connectivity index is 1.41. The predicted octanol–water partition coefficient (Wildman–Crippen LogP) is 4.26. The second-order valence-corrected chi connectivity index (χ2v) is 9.00. The van der Waals surface area contributed by atoms with E-state index in [9.17, 15) is 4.79 Å². The number of carbonyl (C=O) groups is 1. The highest BCUT2D eigenvalue weighted by atomic mass is 16.7. The number of hydrogen-bond acceptors (Lipinski definition) is 8. The maximum Gasteiger partial charge on any atom is 0.241 e. The molecule has 2 aliphatic rings. The fourth-order valence-corrected chi connectivity index (χ4v) is 4.76. The normalized spacial score (nSPS) is 15.6. The third kappa shape index (κ3) is 4.92. The Bertz CT molecular complexity index is 1230. The molecule has 1 N–H and O–H groups in total. The van der Waals surface area contributed by atoms with Gasteiger partial charge in [-0.3, -0.25) is 10.1 Å². The first-order valence-corrected chi connectivity index (χ1v) is 12.2. The maximum atomic E-state index is 13.8. The average molecular weight is 491 g/mol. The third-order valence-electron chi connectivity index (χ3n) is 6.62. The summed E-state index contributed by atoms with van der Waals surface area (Å²) >= 11 is 0. The van der Waals surface area contributed by atoms with Gasteiger partial charge < -0.3 is 23.6 Å². The van der Waals surface area contributed by atoms with Crippen molar-refractivity contribution in [3.05, 3.63) is 72.4 Å². The van der Waals surface area contributed by atoms with Gasteiger partial charge in [0.05, 0.1) is 18.6 Å². The van der Waals surface area contributed by atoms with E-state index in [0.717, 1.165) is 31.2 Å². The Labute approximate surface area is 210 Å². The number of para-hydroxylation sites is 1. The van der Waals surface area contributed by atoms with Crippen molar-refractivity contribution in [3.63, 3.8) is 0 Å². The van der Waals surface area contributed by atoms with E-state index in [1.165, 1.54) is 0 Å². The lowest BCUT2D eigenvalue weighted by Gasteiger charge is -2.29. The van der Waals surface area contributed by atoms with Crippen molar-refractivity contribution >= 4 is 11.6 Å². The van der Waals surface area contributed by atoms with Gasteiger partial charge in [-0.05, 0) is 31.0 Å². The topological polar surface area (TPSA) is 99.0 Å². The summed E-state index contributed by atoms with van der Waals surface area (Å²) in [6.45, 7) is 6.48. The van der Waals surface area contributed by atoms with Gasteiger partial charge in [-0.15, -0.1) is 0 Å². The molecule has 0 spiro atoms. The van der Waals surface area contributed by atoms with E-state index >= 15 is 0 Å². The van der Waals surface area contributed by atoms with Crippen molar-refractivity contribution in [2.45, 2.75) is 44.7 Å². The molecule has 0 bridgehead atoms. The van der Waals surface area contributed by atoms with Crippen LogP contribution in [0.1, 0.15) is 43.0 Å². The number of benzene rings is 2. The number of fused-ring (bicyclic) bond motifs is 1. The summed E-state index contributed by atoms with van der Waals surface area (Å²) in [7, 11) is 0. The van der Waals surface area contributed by atoms with Crippen LogP contribution in [0.15, 0.2) is 59.6 Å². The van der Waals surface area contributed by atoms with Crippen LogP contribution in [0, 0.1) is 6.92 Å². The smallest absolute Gasteiger partial charge is 0.241 e. The quantitative estimate of drug-likeness (QED) is 0.421. The summed E-state index contributed by atoms with van der Waals surface area (Å²) in [5.41, 5.74) is 1.12. The third-order valence-corrected chi connectivity index (χ3v) is 6.62. The first kappa shape index (κ1) is 23.9. The van der Waals surface area contributed by atoms with Crippen LogP contribution < -0.4 is 24.4 Å². The molecular weight excluding hydrogens is 460 g/mol. The summed E-state index contributed by atoms with van der Waals surface area (Å²) in [6.07, 6.45) is 5.47. The number of hydrogen-bond donors (Lipinski definition) is 1. The fraction of sp³-hybridized carbons (Fsp3) is 0.370. The largest absolute Gasteiger partial charge is 0.489 e. The van der Waals surface area contributed by atoms with Gasteiger partial charge in [-0.1, -0.05) is 48.9 Å². The number of amides is 1. The molecule has 9 nitrogen and oxygen atoms in total. The van der Waals surface area contributed by atoms with Gasteiger partial charge in [0.25, 0.3) is 0 Å². The minimum absolute atomic E-state index is 0.0983. The predicted molar refractivity (Wildman–Crippen MR) is 133 cm³/mol. The Morgan fingerprint density at radius 1 is 1.19 bits per heavy atom. The lowest BCUT2D eigenvalue weighted by Crippen LogP contribution is -2.47. The molecule has 3 aromatic rings. The van der Waals surface area contributed by atoms with E-state index in [0.29, 0.717) is 47.8 Å². The Hall–Kier alpha value is -3.85. The van der Waals surface area contributed by atoms with Gasteiger partial charge in [0.15, 0.2) is 17.3 Å². The van der Waals surface area contributed by atoms with Gasteiger partial charge in [0.2, 0.25) is 18.6 Å². The first-order chi connectivity index (χ1) is 17.6. The van der Waals surface area contributed by atoms with E-state index in [2.05, 4.69) is 22.0 Å². The van der Waals surface area contributed by atoms with Crippen molar-refractivity contribution in [2.75, 3.05) is 24.8 Å². The van der Waals surface area contributed by atoms with Gasteiger partial charge in [0, 0.05) is 24.2 Å². The van der Waals surface area contributed by atoms with Crippen LogP contribution in [0.4, 0.5) is 5.69 Å². The number of nitrogens with zero attached hydrogens (tertiary/aromatic N) is 3. The van der Waals surface area contributed by atoms with Gasteiger partial charge in [-0.2, -0.15) is 4.98 Å². The van der Waals surface area contributed by atoms with Crippen molar-refractivity contribution in [2.24, 2.45) is 0 Å². The molecule has 1 aliphatic carbocycles. The Kier molecular flexibility index (Phi) is 6.90. The number of carbonyl (C=O) groups excluding carboxylic acids is 1. The Morgan fingerprint density at radius 3 is 2.78 bits per heavy atom. The highest BCUT2D eigenvalue weighted by molar-refractivity contribution is 5.95. The van der Waals surface area contributed by atoms with Gasteiger partial charge >= 0.3 is 0 Å². The summed E-state index contributed by atoms with van der Waals surface area (Å²) < 4.78 is 22.1. The molecule has 9 heteroatoms. The summed E-state index contributed by atoms with van der Waals surface area (Å²) in [6, 6.07) is 13.2. The SMILES string of the molecule is C=CCOc1ccccc1CN(C(=O)CNC1(c2noc(C)n2)CCCC1)c1ccc2c(c1)OCO2.